The van der Waals surface area contributed by atoms with Crippen molar-refractivity contribution in [2.45, 2.75) is 11.7 Å². The Morgan fingerprint density at radius 3 is 1.73 bits per heavy atom. The van der Waals surface area contributed by atoms with Crippen LogP contribution < -0.4 is 0 Å². The maximum atomic E-state index is 12.3. The number of allylic oxidation sites excluding steroid dienone is 2. The summed E-state index contributed by atoms with van der Waals surface area (Å²) in [6.07, 6.45) is 2.63. The number of hydrogen-bond donors (Lipinski definition) is 0. The molecule has 1 aliphatic carbocycles. The molecule has 0 spiro atoms. The van der Waals surface area contributed by atoms with Crippen LogP contribution in [-0.4, -0.2) is 27.7 Å². The molecule has 0 fully saturated rings. The molecule has 3 nitrogen and oxygen atoms in total. The molecule has 0 aromatic heterocycles. The predicted octanol–water partition coefficient (Wildman–Crippen LogP) is 2.39. The van der Waals surface area contributed by atoms with Crippen molar-refractivity contribution >= 4 is 0 Å². The molecular formula is C6H5F6N3. The zero-order chi connectivity index (χ0) is 11.6. The molecule has 86 valence electrons. The molecule has 1 rings (SSSR count). The van der Waals surface area contributed by atoms with E-state index in [2.05, 4.69) is 0 Å². The second-order valence-corrected chi connectivity index (χ2v) is 2.70. The van der Waals surface area contributed by atoms with Crippen LogP contribution in [0.1, 0.15) is 0 Å². The summed E-state index contributed by atoms with van der Waals surface area (Å²) < 4.78 is 73.5. The van der Waals surface area contributed by atoms with Crippen molar-refractivity contribution < 1.29 is 26.9 Å². The van der Waals surface area contributed by atoms with Crippen molar-refractivity contribution in [2.75, 3.05) is 0 Å². The van der Waals surface area contributed by atoms with E-state index in [1.807, 2.05) is 0 Å². The molecule has 0 saturated heterocycles. The number of nitrogens with zero attached hydrogens (tertiary/aromatic N) is 3. The van der Waals surface area contributed by atoms with Gasteiger partial charge < -0.3 is 0 Å². The summed E-state index contributed by atoms with van der Waals surface area (Å²) in [6, 6.07) is -2.47. The molecule has 0 bridgehead atoms. The highest BCUT2D eigenvalue weighted by Gasteiger charge is 2.55. The summed E-state index contributed by atoms with van der Waals surface area (Å²) in [7, 11) is 0. The van der Waals surface area contributed by atoms with Crippen molar-refractivity contribution in [3.05, 3.63) is 24.3 Å². The van der Waals surface area contributed by atoms with Gasteiger partial charge >= 0.3 is 0 Å². The molecule has 0 aliphatic heterocycles. The van der Waals surface area contributed by atoms with Crippen LogP contribution in [0.3, 0.4) is 0 Å². The van der Waals surface area contributed by atoms with Crippen molar-refractivity contribution in [1.29, 1.82) is 0 Å². The van der Waals surface area contributed by atoms with E-state index >= 15 is 0 Å². The Morgan fingerprint density at radius 1 is 0.867 bits per heavy atom. The molecule has 9 heteroatoms. The molecule has 1 aliphatic rings. The Labute approximate surface area is 80.1 Å². The minimum absolute atomic E-state index is 0.282. The Bertz CT molecular complexity index is 268. The first-order valence-electron chi connectivity index (χ1n) is 3.63. The van der Waals surface area contributed by atoms with Crippen molar-refractivity contribution in [3.8, 4) is 0 Å². The van der Waals surface area contributed by atoms with E-state index < -0.39 is 27.7 Å². The van der Waals surface area contributed by atoms with E-state index in [-0.39, 0.29) is 6.08 Å². The summed E-state index contributed by atoms with van der Waals surface area (Å²) in [5.41, 5.74) is -3.47. The van der Waals surface area contributed by atoms with E-state index in [9.17, 15) is 26.9 Å². The molecule has 1 unspecified atom stereocenters. The first kappa shape index (κ1) is 12.0. The van der Waals surface area contributed by atoms with Gasteiger partial charge in [-0.2, -0.15) is 0 Å². The lowest BCUT2D eigenvalue weighted by molar-refractivity contribution is -0.383. The van der Waals surface area contributed by atoms with Gasteiger partial charge in [0.15, 0.2) is 0 Å². The summed E-state index contributed by atoms with van der Waals surface area (Å²) in [4.78, 5) is 0. The largest absolute Gasteiger partial charge is 0.238 e. The Balaban J connectivity index is 3.14. The van der Waals surface area contributed by atoms with Crippen molar-refractivity contribution in [2.24, 2.45) is 0 Å². The third-order valence-corrected chi connectivity index (χ3v) is 1.93. The van der Waals surface area contributed by atoms with E-state index in [1.165, 1.54) is 0 Å². The van der Waals surface area contributed by atoms with Gasteiger partial charge in [-0.05, 0) is 6.08 Å². The van der Waals surface area contributed by atoms with Crippen LogP contribution in [0.25, 0.3) is 0 Å². The zero-order valence-electron chi connectivity index (χ0n) is 7.00. The number of halogens is 6. The summed E-state index contributed by atoms with van der Waals surface area (Å²) >= 11 is 0. The average Bonchev–Trinajstić information content (AvgIpc) is 2.16. The molecule has 1 atom stereocenters. The lowest BCUT2D eigenvalue weighted by Gasteiger charge is -2.36. The standard InChI is InChI=1S/C6H5F6N3/c7-13(8)5-3-1-2-4-6(5,14(9)10)15(11)12/h1-5H. The van der Waals surface area contributed by atoms with Crippen LogP contribution in [0.5, 0.6) is 0 Å². The smallest absolute Gasteiger partial charge is 0.101 e. The molecule has 0 heterocycles. The van der Waals surface area contributed by atoms with Gasteiger partial charge in [0.25, 0.3) is 0 Å². The highest BCUT2D eigenvalue weighted by atomic mass is 19.4. The lowest BCUT2D eigenvalue weighted by atomic mass is 9.97. The van der Waals surface area contributed by atoms with Gasteiger partial charge in [-0.3, -0.25) is 0 Å². The molecule has 0 aromatic carbocycles. The maximum absolute atomic E-state index is 12.3. The molecule has 0 N–H and O–H groups in total. The highest BCUT2D eigenvalue weighted by molar-refractivity contribution is 5.24. The summed E-state index contributed by atoms with van der Waals surface area (Å²) in [5, 5.41) is -5.65. The fourth-order valence-electron chi connectivity index (χ4n) is 1.19. The molecule has 0 saturated carbocycles. The minimum Gasteiger partial charge on any atom is -0.101 e. The zero-order valence-corrected chi connectivity index (χ0v) is 7.00. The molecule has 0 amide bonds. The summed E-state index contributed by atoms with van der Waals surface area (Å²) in [5.74, 6) is 0. The number of hydrogen-bond acceptors (Lipinski definition) is 3. The van der Waals surface area contributed by atoms with Crippen LogP contribution in [0.15, 0.2) is 24.3 Å². The van der Waals surface area contributed by atoms with E-state index in [0.717, 1.165) is 12.2 Å². The van der Waals surface area contributed by atoms with Gasteiger partial charge in [-0.25, -0.2) is 0 Å². The third-order valence-electron chi connectivity index (χ3n) is 1.93. The second kappa shape index (κ2) is 4.21. The Hall–Kier alpha value is -1.06. The quantitative estimate of drug-likeness (QED) is 0.421. The van der Waals surface area contributed by atoms with E-state index in [0.29, 0.717) is 6.08 Å². The van der Waals surface area contributed by atoms with Crippen LogP contribution in [0.2, 0.25) is 0 Å². The van der Waals surface area contributed by atoms with Gasteiger partial charge in [0.05, 0.1) is 10.7 Å². The Kier molecular flexibility index (Phi) is 3.37. The van der Waals surface area contributed by atoms with Gasteiger partial charge in [-0.1, -0.05) is 36.2 Å². The van der Waals surface area contributed by atoms with Crippen molar-refractivity contribution in [1.82, 2.24) is 16.0 Å². The van der Waals surface area contributed by atoms with Gasteiger partial charge in [0.1, 0.15) is 6.04 Å². The normalized spacial score (nSPS) is 24.5. The molecule has 0 radical (unpaired) electrons. The second-order valence-electron chi connectivity index (χ2n) is 2.70. The average molecular weight is 233 g/mol. The lowest BCUT2D eigenvalue weighted by Crippen LogP contribution is -2.59. The van der Waals surface area contributed by atoms with Crippen LogP contribution in [0.4, 0.5) is 26.9 Å². The maximum Gasteiger partial charge on any atom is 0.238 e. The van der Waals surface area contributed by atoms with Crippen LogP contribution in [0, 0.1) is 0 Å². The van der Waals surface area contributed by atoms with Crippen LogP contribution >= 0.6 is 0 Å². The molecule has 0 aromatic rings. The van der Waals surface area contributed by atoms with Gasteiger partial charge in [-0.15, -0.1) is 8.96 Å². The topological polar surface area (TPSA) is 9.72 Å². The van der Waals surface area contributed by atoms with Crippen molar-refractivity contribution in [3.63, 3.8) is 0 Å². The minimum atomic E-state index is -3.47. The number of rotatable bonds is 3. The SMILES string of the molecule is FN(F)C1C=CC=CC1(N(F)F)N(F)F. The van der Waals surface area contributed by atoms with E-state index in [1.54, 1.807) is 0 Å². The fourth-order valence-corrected chi connectivity index (χ4v) is 1.19. The highest BCUT2D eigenvalue weighted by Crippen LogP contribution is 2.35. The molecular weight excluding hydrogens is 228 g/mol. The van der Waals surface area contributed by atoms with Gasteiger partial charge in [0, 0.05) is 5.34 Å². The monoisotopic (exact) mass is 233 g/mol. The first-order valence-corrected chi connectivity index (χ1v) is 3.63. The van der Waals surface area contributed by atoms with Gasteiger partial charge in [0.2, 0.25) is 5.66 Å². The van der Waals surface area contributed by atoms with E-state index in [4.69, 9.17) is 0 Å². The van der Waals surface area contributed by atoms with Crippen LogP contribution in [-0.2, 0) is 0 Å². The molecule has 15 heavy (non-hydrogen) atoms. The third kappa shape index (κ3) is 1.85. The fraction of sp³-hybridized carbons (Fsp3) is 0.333. The first-order chi connectivity index (χ1) is 6.93. The Morgan fingerprint density at radius 2 is 1.40 bits per heavy atom. The predicted molar refractivity (Wildman–Crippen MR) is 37.0 cm³/mol. The summed E-state index contributed by atoms with van der Waals surface area (Å²) in [6.45, 7) is 0.